The fourth-order valence-corrected chi connectivity index (χ4v) is 3.58. The van der Waals surface area contributed by atoms with Crippen LogP contribution in [-0.4, -0.2) is 42.9 Å². The lowest BCUT2D eigenvalue weighted by Gasteiger charge is -2.27. The SMILES string of the molecule is CCc1ccccc1NC(=O)CN(C)C(=O)CN1c2ccccc2C[C@H]1C. The number of anilines is 2. The van der Waals surface area contributed by atoms with E-state index in [4.69, 9.17) is 0 Å². The molecule has 2 aromatic rings. The number of rotatable bonds is 6. The highest BCUT2D eigenvalue weighted by atomic mass is 16.2. The van der Waals surface area contributed by atoms with E-state index in [1.165, 1.54) is 10.5 Å². The van der Waals surface area contributed by atoms with Gasteiger partial charge in [0, 0.05) is 24.5 Å². The van der Waals surface area contributed by atoms with Gasteiger partial charge in [-0.3, -0.25) is 9.59 Å². The Bertz CT molecular complexity index is 834. The molecule has 5 nitrogen and oxygen atoms in total. The van der Waals surface area contributed by atoms with Crippen LogP contribution in [0.2, 0.25) is 0 Å². The summed E-state index contributed by atoms with van der Waals surface area (Å²) >= 11 is 0. The number of aryl methyl sites for hydroxylation is 1. The Balaban J connectivity index is 1.59. The van der Waals surface area contributed by atoms with Crippen molar-refractivity contribution in [3.8, 4) is 0 Å². The smallest absolute Gasteiger partial charge is 0.243 e. The minimum atomic E-state index is -0.179. The predicted molar refractivity (Wildman–Crippen MR) is 109 cm³/mol. The largest absolute Gasteiger partial charge is 0.359 e. The van der Waals surface area contributed by atoms with Crippen molar-refractivity contribution >= 4 is 23.2 Å². The second-order valence-electron chi connectivity index (χ2n) is 7.12. The first-order valence-corrected chi connectivity index (χ1v) is 9.45. The molecule has 1 atom stereocenters. The van der Waals surface area contributed by atoms with Gasteiger partial charge in [0.2, 0.25) is 11.8 Å². The summed E-state index contributed by atoms with van der Waals surface area (Å²) in [6, 6.07) is 16.2. The molecule has 1 N–H and O–H groups in total. The molecular formula is C22H27N3O2. The first-order valence-electron chi connectivity index (χ1n) is 9.45. The molecule has 0 radical (unpaired) electrons. The third-order valence-electron chi connectivity index (χ3n) is 5.13. The predicted octanol–water partition coefficient (Wildman–Crippen LogP) is 3.10. The van der Waals surface area contributed by atoms with Gasteiger partial charge in [-0.15, -0.1) is 0 Å². The lowest BCUT2D eigenvalue weighted by molar-refractivity contribution is -0.132. The van der Waals surface area contributed by atoms with Gasteiger partial charge in [0.1, 0.15) is 0 Å². The average molecular weight is 365 g/mol. The van der Waals surface area contributed by atoms with Crippen LogP contribution in [0.25, 0.3) is 0 Å². The number of likely N-dealkylation sites (N-methyl/N-ethyl adjacent to an activating group) is 1. The Hall–Kier alpha value is -2.82. The highest BCUT2D eigenvalue weighted by Gasteiger charge is 2.28. The monoisotopic (exact) mass is 365 g/mol. The number of nitrogens with one attached hydrogen (secondary N) is 1. The molecule has 1 aliphatic heterocycles. The Kier molecular flexibility index (Phi) is 5.79. The van der Waals surface area contributed by atoms with E-state index in [-0.39, 0.29) is 30.9 Å². The summed E-state index contributed by atoms with van der Waals surface area (Å²) in [5.41, 5.74) is 4.29. The summed E-state index contributed by atoms with van der Waals surface area (Å²) in [5, 5.41) is 2.92. The first kappa shape index (κ1) is 19.0. The zero-order valence-corrected chi connectivity index (χ0v) is 16.2. The van der Waals surface area contributed by atoms with Crippen LogP contribution in [0.15, 0.2) is 48.5 Å². The normalized spacial score (nSPS) is 15.4. The Labute approximate surface area is 161 Å². The molecule has 3 rings (SSSR count). The Morgan fingerprint density at radius 3 is 2.63 bits per heavy atom. The molecule has 1 aliphatic rings. The maximum atomic E-state index is 12.7. The summed E-state index contributed by atoms with van der Waals surface area (Å²) in [6.45, 7) is 4.51. The first-order chi connectivity index (χ1) is 13.0. The second-order valence-corrected chi connectivity index (χ2v) is 7.12. The molecule has 27 heavy (non-hydrogen) atoms. The fraction of sp³-hybridized carbons (Fsp3) is 0.364. The zero-order valence-electron chi connectivity index (χ0n) is 16.2. The molecule has 0 unspecified atom stereocenters. The van der Waals surface area contributed by atoms with Gasteiger partial charge in [-0.1, -0.05) is 43.3 Å². The molecule has 142 valence electrons. The molecule has 0 saturated heterocycles. The van der Waals surface area contributed by atoms with Gasteiger partial charge < -0.3 is 15.1 Å². The highest BCUT2D eigenvalue weighted by molar-refractivity contribution is 5.95. The molecule has 2 amide bonds. The van der Waals surface area contributed by atoms with Crippen molar-refractivity contribution in [1.29, 1.82) is 0 Å². The minimum absolute atomic E-state index is 0.0424. The number of benzene rings is 2. The van der Waals surface area contributed by atoms with Gasteiger partial charge in [-0.05, 0) is 43.0 Å². The van der Waals surface area contributed by atoms with Crippen molar-refractivity contribution in [2.45, 2.75) is 32.7 Å². The average Bonchev–Trinajstić information content (AvgIpc) is 2.97. The summed E-state index contributed by atoms with van der Waals surface area (Å²) < 4.78 is 0. The van der Waals surface area contributed by atoms with E-state index >= 15 is 0 Å². The maximum Gasteiger partial charge on any atom is 0.243 e. The van der Waals surface area contributed by atoms with Crippen LogP contribution in [-0.2, 0) is 22.4 Å². The molecule has 0 spiro atoms. The lowest BCUT2D eigenvalue weighted by atomic mass is 10.1. The molecule has 0 aliphatic carbocycles. The summed E-state index contributed by atoms with van der Waals surface area (Å²) in [6.07, 6.45) is 1.79. The quantitative estimate of drug-likeness (QED) is 0.856. The second kappa shape index (κ2) is 8.25. The van der Waals surface area contributed by atoms with Gasteiger partial charge in [0.25, 0.3) is 0 Å². The van der Waals surface area contributed by atoms with Crippen molar-refractivity contribution in [2.75, 3.05) is 30.4 Å². The van der Waals surface area contributed by atoms with E-state index in [1.807, 2.05) is 36.4 Å². The van der Waals surface area contributed by atoms with E-state index in [1.54, 1.807) is 7.05 Å². The lowest BCUT2D eigenvalue weighted by Crippen LogP contribution is -2.43. The number of carbonyl (C=O) groups is 2. The van der Waals surface area contributed by atoms with Crippen LogP contribution < -0.4 is 10.2 Å². The number of para-hydroxylation sites is 2. The number of fused-ring (bicyclic) bond motifs is 1. The van der Waals surface area contributed by atoms with Gasteiger partial charge in [0.15, 0.2) is 0 Å². The van der Waals surface area contributed by atoms with Crippen molar-refractivity contribution in [3.63, 3.8) is 0 Å². The number of hydrogen-bond donors (Lipinski definition) is 1. The third-order valence-corrected chi connectivity index (χ3v) is 5.13. The maximum absolute atomic E-state index is 12.7. The van der Waals surface area contributed by atoms with Crippen LogP contribution in [0.3, 0.4) is 0 Å². The molecule has 0 bridgehead atoms. The van der Waals surface area contributed by atoms with Crippen LogP contribution >= 0.6 is 0 Å². The number of hydrogen-bond acceptors (Lipinski definition) is 3. The van der Waals surface area contributed by atoms with E-state index in [9.17, 15) is 9.59 Å². The summed E-state index contributed by atoms with van der Waals surface area (Å²) in [7, 11) is 1.68. The van der Waals surface area contributed by atoms with Crippen molar-refractivity contribution in [1.82, 2.24) is 4.90 Å². The minimum Gasteiger partial charge on any atom is -0.359 e. The molecule has 0 saturated carbocycles. The number of carbonyl (C=O) groups excluding carboxylic acids is 2. The zero-order chi connectivity index (χ0) is 19.4. The van der Waals surface area contributed by atoms with Crippen LogP contribution in [0.1, 0.15) is 25.0 Å². The van der Waals surface area contributed by atoms with Crippen molar-refractivity contribution < 1.29 is 9.59 Å². The van der Waals surface area contributed by atoms with Crippen LogP contribution in [0.4, 0.5) is 11.4 Å². The Morgan fingerprint density at radius 1 is 1.15 bits per heavy atom. The molecule has 0 fully saturated rings. The van der Waals surface area contributed by atoms with Gasteiger partial charge >= 0.3 is 0 Å². The molecular weight excluding hydrogens is 338 g/mol. The third kappa shape index (κ3) is 4.30. The number of nitrogens with zero attached hydrogens (tertiary/aromatic N) is 2. The summed E-state index contributed by atoms with van der Waals surface area (Å²) in [5.74, 6) is -0.237. The molecule has 5 heteroatoms. The highest BCUT2D eigenvalue weighted by Crippen LogP contribution is 2.31. The van der Waals surface area contributed by atoms with Crippen LogP contribution in [0, 0.1) is 0 Å². The van der Waals surface area contributed by atoms with Gasteiger partial charge in [-0.25, -0.2) is 0 Å². The van der Waals surface area contributed by atoms with Crippen molar-refractivity contribution in [3.05, 3.63) is 59.7 Å². The van der Waals surface area contributed by atoms with Crippen LogP contribution in [0.5, 0.6) is 0 Å². The molecule has 0 aromatic heterocycles. The van der Waals surface area contributed by atoms with Crippen molar-refractivity contribution in [2.24, 2.45) is 0 Å². The Morgan fingerprint density at radius 2 is 1.85 bits per heavy atom. The summed E-state index contributed by atoms with van der Waals surface area (Å²) in [4.78, 5) is 28.7. The van der Waals surface area contributed by atoms with Gasteiger partial charge in [-0.2, -0.15) is 0 Å². The standard InChI is InChI=1S/C22H27N3O2/c1-4-17-9-5-7-11-19(17)23-21(26)14-24(3)22(27)15-25-16(2)13-18-10-6-8-12-20(18)25/h5-12,16H,4,13-15H2,1-3H3,(H,23,26)/t16-/m1/s1. The van der Waals surface area contributed by atoms with E-state index in [2.05, 4.69) is 36.2 Å². The van der Waals surface area contributed by atoms with E-state index < -0.39 is 0 Å². The number of amides is 2. The molecule has 1 heterocycles. The van der Waals surface area contributed by atoms with E-state index in [0.717, 1.165) is 29.8 Å². The van der Waals surface area contributed by atoms with Gasteiger partial charge in [0.05, 0.1) is 13.1 Å². The van der Waals surface area contributed by atoms with E-state index in [0.29, 0.717) is 0 Å². The fourth-order valence-electron chi connectivity index (χ4n) is 3.58. The molecule has 2 aromatic carbocycles. The topological polar surface area (TPSA) is 52.7 Å².